The Bertz CT molecular complexity index is 802. The number of nitrogens with one attached hydrogen (secondary N) is 1. The van der Waals surface area contributed by atoms with Crippen LogP contribution in [0.2, 0.25) is 0 Å². The highest BCUT2D eigenvalue weighted by molar-refractivity contribution is 5.92. The zero-order valence-corrected chi connectivity index (χ0v) is 15.7. The van der Waals surface area contributed by atoms with E-state index in [2.05, 4.69) is 25.1 Å². The molecule has 0 radical (unpaired) electrons. The molecule has 0 saturated carbocycles. The Morgan fingerprint density at radius 3 is 2.61 bits per heavy atom. The minimum atomic E-state index is -0.231. The van der Waals surface area contributed by atoms with E-state index in [1.807, 2.05) is 0 Å². The lowest BCUT2D eigenvalue weighted by Gasteiger charge is -2.36. The molecule has 2 fully saturated rings. The summed E-state index contributed by atoms with van der Waals surface area (Å²) in [5.41, 5.74) is 1.37. The van der Waals surface area contributed by atoms with Gasteiger partial charge in [0.1, 0.15) is 11.5 Å². The number of piperazine rings is 1. The van der Waals surface area contributed by atoms with E-state index in [9.17, 15) is 9.18 Å². The fourth-order valence-corrected chi connectivity index (χ4v) is 3.55. The number of hydrogen-bond acceptors (Lipinski definition) is 6. The number of carbonyl (C=O) groups is 1. The maximum atomic E-state index is 13.1. The van der Waals surface area contributed by atoms with E-state index in [1.165, 1.54) is 12.1 Å². The van der Waals surface area contributed by atoms with Crippen LogP contribution in [0.25, 0.3) is 0 Å². The Hall–Kier alpha value is -2.74. The van der Waals surface area contributed by atoms with Crippen molar-refractivity contribution in [1.29, 1.82) is 0 Å². The van der Waals surface area contributed by atoms with Gasteiger partial charge in [-0.15, -0.1) is 0 Å². The van der Waals surface area contributed by atoms with Crippen molar-refractivity contribution in [2.45, 2.75) is 18.9 Å². The number of nitrogens with zero attached hydrogens (tertiary/aromatic N) is 4. The van der Waals surface area contributed by atoms with Crippen LogP contribution in [-0.4, -0.2) is 61.3 Å². The molecule has 2 aromatic rings. The number of aromatic nitrogens is 2. The van der Waals surface area contributed by atoms with Gasteiger partial charge in [-0.2, -0.15) is 0 Å². The van der Waals surface area contributed by atoms with E-state index in [1.54, 1.807) is 24.4 Å². The minimum absolute atomic E-state index is 0.102. The van der Waals surface area contributed by atoms with Crippen LogP contribution in [0.3, 0.4) is 0 Å². The number of amides is 1. The van der Waals surface area contributed by atoms with E-state index < -0.39 is 0 Å². The second-order valence-corrected chi connectivity index (χ2v) is 7.04. The van der Waals surface area contributed by atoms with Gasteiger partial charge in [-0.1, -0.05) is 0 Å². The molecule has 2 aliphatic heterocycles. The van der Waals surface area contributed by atoms with Gasteiger partial charge in [-0.3, -0.25) is 4.79 Å². The zero-order valence-electron chi connectivity index (χ0n) is 15.7. The zero-order chi connectivity index (χ0) is 19.3. The maximum Gasteiger partial charge on any atom is 0.270 e. The molecule has 1 N–H and O–H groups in total. The third kappa shape index (κ3) is 4.39. The summed E-state index contributed by atoms with van der Waals surface area (Å²) in [6.45, 7) is 4.31. The van der Waals surface area contributed by atoms with Crippen LogP contribution >= 0.6 is 0 Å². The monoisotopic (exact) mass is 385 g/mol. The van der Waals surface area contributed by atoms with E-state index in [0.717, 1.165) is 51.3 Å². The number of carbonyl (C=O) groups excluding carboxylic acids is 1. The summed E-state index contributed by atoms with van der Waals surface area (Å²) in [7, 11) is 0. The average Bonchev–Trinajstić information content (AvgIpc) is 3.26. The van der Waals surface area contributed by atoms with Gasteiger partial charge in [0.25, 0.3) is 5.91 Å². The van der Waals surface area contributed by atoms with Crippen LogP contribution in [0.5, 0.6) is 0 Å². The van der Waals surface area contributed by atoms with Crippen LogP contribution in [0.15, 0.2) is 36.5 Å². The smallest absolute Gasteiger partial charge is 0.270 e. The summed E-state index contributed by atoms with van der Waals surface area (Å²) >= 11 is 0. The van der Waals surface area contributed by atoms with Crippen LogP contribution in [0.1, 0.15) is 23.3 Å². The molecule has 1 atom stereocenters. The van der Waals surface area contributed by atoms with E-state index >= 15 is 0 Å². The van der Waals surface area contributed by atoms with Crippen molar-refractivity contribution < 1.29 is 13.9 Å². The van der Waals surface area contributed by atoms with Crippen molar-refractivity contribution in [3.63, 3.8) is 0 Å². The molecule has 1 aromatic carbocycles. The van der Waals surface area contributed by atoms with Crippen molar-refractivity contribution in [2.24, 2.45) is 0 Å². The molecule has 0 bridgehead atoms. The average molecular weight is 385 g/mol. The molecule has 1 aromatic heterocycles. The lowest BCUT2D eigenvalue weighted by molar-refractivity contribution is 0.0853. The molecule has 7 nitrogen and oxygen atoms in total. The Morgan fingerprint density at radius 1 is 1.14 bits per heavy atom. The first kappa shape index (κ1) is 18.6. The number of halogens is 1. The van der Waals surface area contributed by atoms with Gasteiger partial charge in [0.2, 0.25) is 5.95 Å². The van der Waals surface area contributed by atoms with Gasteiger partial charge in [0.15, 0.2) is 0 Å². The fourth-order valence-electron chi connectivity index (χ4n) is 3.55. The molecule has 1 unspecified atom stereocenters. The molecule has 8 heteroatoms. The van der Waals surface area contributed by atoms with Gasteiger partial charge < -0.3 is 19.9 Å². The highest BCUT2D eigenvalue weighted by Crippen LogP contribution is 2.19. The summed E-state index contributed by atoms with van der Waals surface area (Å²) in [5.74, 6) is 0.123. The van der Waals surface area contributed by atoms with Gasteiger partial charge in [0.05, 0.1) is 6.10 Å². The Kier molecular flexibility index (Phi) is 5.66. The van der Waals surface area contributed by atoms with E-state index in [0.29, 0.717) is 18.2 Å². The topological polar surface area (TPSA) is 70.6 Å². The quantitative estimate of drug-likeness (QED) is 0.847. The molecule has 2 saturated heterocycles. The van der Waals surface area contributed by atoms with E-state index in [-0.39, 0.29) is 17.8 Å². The van der Waals surface area contributed by atoms with Crippen LogP contribution in [0, 0.1) is 5.82 Å². The number of ether oxygens (including phenoxy) is 1. The summed E-state index contributed by atoms with van der Waals surface area (Å²) in [5, 5.41) is 2.89. The Balaban J connectivity index is 1.34. The molecular weight excluding hydrogens is 361 g/mol. The highest BCUT2D eigenvalue weighted by atomic mass is 19.1. The third-order valence-electron chi connectivity index (χ3n) is 5.14. The number of benzene rings is 1. The molecule has 0 aliphatic carbocycles. The minimum Gasteiger partial charge on any atom is -0.376 e. The Morgan fingerprint density at radius 2 is 1.89 bits per heavy atom. The molecule has 2 aliphatic rings. The predicted octanol–water partition coefficient (Wildman–Crippen LogP) is 1.85. The first-order valence-electron chi connectivity index (χ1n) is 9.67. The molecule has 1 amide bonds. The molecule has 28 heavy (non-hydrogen) atoms. The normalized spacial score (nSPS) is 19.7. The summed E-state index contributed by atoms with van der Waals surface area (Å²) < 4.78 is 18.6. The highest BCUT2D eigenvalue weighted by Gasteiger charge is 2.21. The third-order valence-corrected chi connectivity index (χ3v) is 5.14. The standard InChI is InChI=1S/C20H24FN5O2/c21-15-3-5-16(6-4-15)25-9-11-26(12-10-25)20-22-8-7-18(24-20)19(27)23-14-17-2-1-13-28-17/h3-8,17H,1-2,9-14H2,(H,23,27). The van der Waals surface area contributed by atoms with Gasteiger partial charge in [-0.05, 0) is 43.2 Å². The van der Waals surface area contributed by atoms with Crippen molar-refractivity contribution in [3.05, 3.63) is 48.0 Å². The largest absolute Gasteiger partial charge is 0.376 e. The predicted molar refractivity (Wildman–Crippen MR) is 104 cm³/mol. The lowest BCUT2D eigenvalue weighted by Crippen LogP contribution is -2.47. The number of hydrogen-bond donors (Lipinski definition) is 1. The van der Waals surface area contributed by atoms with Crippen LogP contribution in [0.4, 0.5) is 16.0 Å². The lowest BCUT2D eigenvalue weighted by atomic mass is 10.2. The van der Waals surface area contributed by atoms with Gasteiger partial charge in [-0.25, -0.2) is 14.4 Å². The molecular formula is C20H24FN5O2. The van der Waals surface area contributed by atoms with Crippen LogP contribution in [-0.2, 0) is 4.74 Å². The molecule has 4 rings (SSSR count). The summed E-state index contributed by atoms with van der Waals surface area (Å²) in [6, 6.07) is 8.16. The first-order chi connectivity index (χ1) is 13.7. The van der Waals surface area contributed by atoms with Crippen molar-refractivity contribution >= 4 is 17.5 Å². The first-order valence-corrected chi connectivity index (χ1v) is 9.67. The SMILES string of the molecule is O=C(NCC1CCCO1)c1ccnc(N2CCN(c3ccc(F)cc3)CC2)n1. The number of rotatable bonds is 5. The van der Waals surface area contributed by atoms with Crippen LogP contribution < -0.4 is 15.1 Å². The van der Waals surface area contributed by atoms with Crippen molar-refractivity contribution in [2.75, 3.05) is 49.1 Å². The van der Waals surface area contributed by atoms with E-state index in [4.69, 9.17) is 4.74 Å². The Labute approximate surface area is 163 Å². The number of anilines is 2. The molecule has 3 heterocycles. The maximum absolute atomic E-state index is 13.1. The van der Waals surface area contributed by atoms with Gasteiger partial charge >= 0.3 is 0 Å². The van der Waals surface area contributed by atoms with Crippen molar-refractivity contribution in [1.82, 2.24) is 15.3 Å². The van der Waals surface area contributed by atoms with Crippen molar-refractivity contribution in [3.8, 4) is 0 Å². The second-order valence-electron chi connectivity index (χ2n) is 7.04. The second kappa shape index (κ2) is 8.52. The molecule has 148 valence electrons. The summed E-state index contributed by atoms with van der Waals surface area (Å²) in [6.07, 6.45) is 3.75. The van der Waals surface area contributed by atoms with Gasteiger partial charge in [0, 0.05) is 51.2 Å². The molecule has 0 spiro atoms. The summed E-state index contributed by atoms with van der Waals surface area (Å²) in [4.78, 5) is 25.4. The fraction of sp³-hybridized carbons (Fsp3) is 0.450.